The fourth-order valence-corrected chi connectivity index (χ4v) is 3.65. The molecule has 25 heavy (non-hydrogen) atoms. The third kappa shape index (κ3) is 3.08. The van der Waals surface area contributed by atoms with E-state index in [9.17, 15) is 0 Å². The molecule has 5 rings (SSSR count). The smallest absolute Gasteiger partial charge is 0.0213 e. The van der Waals surface area contributed by atoms with Crippen molar-refractivity contribution in [2.24, 2.45) is 5.92 Å². The predicted octanol–water partition coefficient (Wildman–Crippen LogP) is 6.82. The number of rotatable bonds is 0. The Labute approximate surface area is 149 Å². The Kier molecular flexibility index (Phi) is 4.11. The second kappa shape index (κ2) is 6.57. The Morgan fingerprint density at radius 2 is 1.44 bits per heavy atom. The summed E-state index contributed by atoms with van der Waals surface area (Å²) in [5.74, 6) is 0.518. The van der Waals surface area contributed by atoms with Gasteiger partial charge < -0.3 is 0 Å². The van der Waals surface area contributed by atoms with Gasteiger partial charge in [-0.05, 0) is 46.9 Å². The Bertz CT molecular complexity index is 1010. The summed E-state index contributed by atoms with van der Waals surface area (Å²) in [5.41, 5.74) is 6.96. The lowest BCUT2D eigenvalue weighted by Gasteiger charge is -2.21. The predicted molar refractivity (Wildman–Crippen MR) is 109 cm³/mol. The van der Waals surface area contributed by atoms with Gasteiger partial charge in [0, 0.05) is 5.92 Å². The molecule has 0 aliphatic heterocycles. The van der Waals surface area contributed by atoms with E-state index in [1.165, 1.54) is 38.6 Å². The highest BCUT2D eigenvalue weighted by molar-refractivity contribution is 5.88. The number of hydrogen-bond donors (Lipinski definition) is 0. The molecule has 0 heterocycles. The van der Waals surface area contributed by atoms with Gasteiger partial charge in [0.1, 0.15) is 0 Å². The van der Waals surface area contributed by atoms with Crippen LogP contribution in [0.2, 0.25) is 0 Å². The number of fused-ring (bicyclic) bond motifs is 4. The number of aryl methyl sites for hydroxylation is 1. The van der Waals surface area contributed by atoms with Crippen LogP contribution in [0.4, 0.5) is 0 Å². The summed E-state index contributed by atoms with van der Waals surface area (Å²) in [4.78, 5) is 0. The quantitative estimate of drug-likeness (QED) is 0.426. The molecule has 3 aromatic carbocycles. The summed E-state index contributed by atoms with van der Waals surface area (Å²) in [5, 5.41) is 2.64. The van der Waals surface area contributed by atoms with Gasteiger partial charge in [-0.25, -0.2) is 0 Å². The first-order valence-electron chi connectivity index (χ1n) is 8.84. The summed E-state index contributed by atoms with van der Waals surface area (Å²) < 4.78 is 0. The van der Waals surface area contributed by atoms with Gasteiger partial charge in [0.05, 0.1) is 0 Å². The van der Waals surface area contributed by atoms with E-state index in [1.807, 2.05) is 0 Å². The van der Waals surface area contributed by atoms with Crippen LogP contribution in [0.5, 0.6) is 0 Å². The van der Waals surface area contributed by atoms with Gasteiger partial charge in [0.25, 0.3) is 0 Å². The minimum Gasteiger partial charge on any atom is -0.0732 e. The molecule has 2 aliphatic rings. The Hall–Kier alpha value is -2.86. The minimum atomic E-state index is 0.518. The molecule has 0 fully saturated rings. The summed E-state index contributed by atoms with van der Waals surface area (Å²) in [6.07, 6.45) is 8.99. The topological polar surface area (TPSA) is 0 Å². The Morgan fingerprint density at radius 1 is 0.720 bits per heavy atom. The van der Waals surface area contributed by atoms with Gasteiger partial charge in [-0.2, -0.15) is 0 Å². The van der Waals surface area contributed by atoms with Crippen molar-refractivity contribution in [1.29, 1.82) is 0 Å². The summed E-state index contributed by atoms with van der Waals surface area (Å²) >= 11 is 0. The molecule has 0 aromatic heterocycles. The van der Waals surface area contributed by atoms with Crippen molar-refractivity contribution in [1.82, 2.24) is 0 Å². The maximum atomic E-state index is 2.34. The zero-order chi connectivity index (χ0) is 17.2. The molecule has 0 spiro atoms. The summed E-state index contributed by atoms with van der Waals surface area (Å²) in [7, 11) is 0. The zero-order valence-electron chi connectivity index (χ0n) is 14.7. The van der Waals surface area contributed by atoms with Crippen molar-refractivity contribution in [3.8, 4) is 0 Å². The fraction of sp³-hybridized carbons (Fsp3) is 0.120. The van der Waals surface area contributed by atoms with Gasteiger partial charge >= 0.3 is 0 Å². The molecular weight excluding hydrogens is 300 g/mol. The first-order chi connectivity index (χ1) is 12.2. The number of allylic oxidation sites excluding steroid dienone is 6. The lowest BCUT2D eigenvalue weighted by atomic mass is 9.83. The molecule has 0 nitrogen and oxygen atoms in total. The normalized spacial score (nSPS) is 17.1. The lowest BCUT2D eigenvalue weighted by Crippen LogP contribution is -2.03. The molecule has 0 N–H and O–H groups in total. The lowest BCUT2D eigenvalue weighted by molar-refractivity contribution is 1.09. The Morgan fingerprint density at radius 3 is 2.28 bits per heavy atom. The maximum Gasteiger partial charge on any atom is 0.0213 e. The van der Waals surface area contributed by atoms with Crippen LogP contribution < -0.4 is 0 Å². The van der Waals surface area contributed by atoms with Crippen LogP contribution in [0.15, 0.2) is 91.0 Å². The van der Waals surface area contributed by atoms with Crippen LogP contribution in [-0.2, 0) is 0 Å². The molecule has 0 radical (unpaired) electrons. The van der Waals surface area contributed by atoms with Crippen LogP contribution in [-0.4, -0.2) is 0 Å². The zero-order valence-corrected chi connectivity index (χ0v) is 14.7. The van der Waals surface area contributed by atoms with Crippen molar-refractivity contribution in [2.45, 2.75) is 13.8 Å². The van der Waals surface area contributed by atoms with Crippen LogP contribution in [0.25, 0.3) is 21.9 Å². The van der Waals surface area contributed by atoms with Crippen molar-refractivity contribution >= 4 is 21.9 Å². The molecule has 1 atom stereocenters. The maximum absolute atomic E-state index is 2.34. The monoisotopic (exact) mass is 322 g/mol. The molecule has 0 amide bonds. The Balaban J connectivity index is 0.000000129. The molecule has 122 valence electrons. The number of benzene rings is 3. The van der Waals surface area contributed by atoms with Gasteiger partial charge in [0.2, 0.25) is 0 Å². The van der Waals surface area contributed by atoms with E-state index in [0.717, 1.165) is 0 Å². The van der Waals surface area contributed by atoms with Crippen molar-refractivity contribution in [3.63, 3.8) is 0 Å². The highest BCUT2D eigenvalue weighted by Crippen LogP contribution is 2.40. The molecule has 0 bridgehead atoms. The van der Waals surface area contributed by atoms with Crippen LogP contribution in [0.3, 0.4) is 0 Å². The second-order valence-corrected chi connectivity index (χ2v) is 6.78. The largest absolute Gasteiger partial charge is 0.0732 e. The third-order valence-electron chi connectivity index (χ3n) is 4.95. The van der Waals surface area contributed by atoms with E-state index in [1.54, 1.807) is 0 Å². The average molecular weight is 322 g/mol. The standard InChI is InChI=1S/C14H12.C11H10/c1-10-9-11-5-4-8-13(11)14-7-3-2-6-12(10)14;1-9-6-7-10-4-2-3-5-11(10)8-9/h2-9,11H,1H3;2-8H,1H3. The van der Waals surface area contributed by atoms with E-state index in [2.05, 4.69) is 105 Å². The SMILES string of the molecule is CC1=CC2C=CC=C2c2ccccc21.Cc1ccc2ccccc2c1. The van der Waals surface area contributed by atoms with Crippen molar-refractivity contribution < 1.29 is 0 Å². The third-order valence-corrected chi connectivity index (χ3v) is 4.95. The van der Waals surface area contributed by atoms with E-state index in [4.69, 9.17) is 0 Å². The molecule has 3 aromatic rings. The average Bonchev–Trinajstić information content (AvgIpc) is 3.11. The molecule has 2 aliphatic carbocycles. The molecular formula is C25H22. The first kappa shape index (κ1) is 15.7. The highest BCUT2D eigenvalue weighted by atomic mass is 14.3. The van der Waals surface area contributed by atoms with Gasteiger partial charge in [0.15, 0.2) is 0 Å². The van der Waals surface area contributed by atoms with Crippen molar-refractivity contribution in [2.75, 3.05) is 0 Å². The van der Waals surface area contributed by atoms with Gasteiger partial charge in [-0.1, -0.05) is 96.6 Å². The summed E-state index contributed by atoms with van der Waals surface area (Å²) in [6, 6.07) is 23.6. The first-order valence-corrected chi connectivity index (χ1v) is 8.84. The molecule has 1 unspecified atom stereocenters. The van der Waals surface area contributed by atoms with Gasteiger partial charge in [-0.3, -0.25) is 0 Å². The fourth-order valence-electron chi connectivity index (χ4n) is 3.65. The molecule has 0 saturated carbocycles. The van der Waals surface area contributed by atoms with Crippen molar-refractivity contribution in [3.05, 3.63) is 108 Å². The van der Waals surface area contributed by atoms with Crippen LogP contribution in [0.1, 0.15) is 23.6 Å². The molecule has 0 heteroatoms. The minimum absolute atomic E-state index is 0.518. The van der Waals surface area contributed by atoms with E-state index >= 15 is 0 Å². The second-order valence-electron chi connectivity index (χ2n) is 6.78. The highest BCUT2D eigenvalue weighted by Gasteiger charge is 2.21. The van der Waals surface area contributed by atoms with E-state index < -0.39 is 0 Å². The van der Waals surface area contributed by atoms with Gasteiger partial charge in [-0.15, -0.1) is 0 Å². The number of hydrogen-bond acceptors (Lipinski definition) is 0. The summed E-state index contributed by atoms with van der Waals surface area (Å²) in [6.45, 7) is 4.31. The van der Waals surface area contributed by atoms with E-state index in [-0.39, 0.29) is 0 Å². The van der Waals surface area contributed by atoms with Crippen LogP contribution >= 0.6 is 0 Å². The van der Waals surface area contributed by atoms with E-state index in [0.29, 0.717) is 5.92 Å². The van der Waals surface area contributed by atoms with Crippen LogP contribution in [0, 0.1) is 12.8 Å². The molecule has 0 saturated heterocycles.